The molecule has 6 heteroatoms. The number of hydrogen-bond acceptors (Lipinski definition) is 4. The summed E-state index contributed by atoms with van der Waals surface area (Å²) in [7, 11) is 0. The van der Waals surface area contributed by atoms with Crippen LogP contribution in [0.25, 0.3) is 0 Å². The van der Waals surface area contributed by atoms with Gasteiger partial charge in [-0.1, -0.05) is 13.3 Å². The number of nitrogens with zero attached hydrogens (tertiary/aromatic N) is 1. The van der Waals surface area contributed by atoms with Crippen molar-refractivity contribution in [3.05, 3.63) is 0 Å². The third kappa shape index (κ3) is 2.96. The van der Waals surface area contributed by atoms with Crippen molar-refractivity contribution in [2.24, 2.45) is 17.1 Å². The zero-order valence-electron chi connectivity index (χ0n) is 12.1. The second-order valence-corrected chi connectivity index (χ2v) is 6.06. The van der Waals surface area contributed by atoms with E-state index >= 15 is 0 Å². The first-order valence-electron chi connectivity index (χ1n) is 7.47. The minimum absolute atomic E-state index is 0.0609. The van der Waals surface area contributed by atoms with Crippen LogP contribution in [0.5, 0.6) is 0 Å². The van der Waals surface area contributed by atoms with E-state index in [1.165, 1.54) is 0 Å². The molecule has 6 nitrogen and oxygen atoms in total. The summed E-state index contributed by atoms with van der Waals surface area (Å²) >= 11 is 0. The zero-order valence-corrected chi connectivity index (χ0v) is 12.1. The Morgan fingerprint density at radius 1 is 1.40 bits per heavy atom. The minimum Gasteiger partial charge on any atom is -0.395 e. The van der Waals surface area contributed by atoms with Gasteiger partial charge in [-0.3, -0.25) is 14.5 Å². The van der Waals surface area contributed by atoms with Crippen molar-refractivity contribution in [2.75, 3.05) is 26.2 Å². The SMILES string of the molecule is CCC[C@@H]1CN(CCO)C[C@H]1NC(=O)C1(C(N)=O)CC1. The van der Waals surface area contributed by atoms with Gasteiger partial charge in [-0.05, 0) is 25.2 Å². The normalized spacial score (nSPS) is 28.3. The predicted octanol–water partition coefficient (Wildman–Crippen LogP) is -0.539. The first-order valence-corrected chi connectivity index (χ1v) is 7.47. The van der Waals surface area contributed by atoms with Crippen LogP contribution in [-0.2, 0) is 9.59 Å². The van der Waals surface area contributed by atoms with Crippen molar-refractivity contribution in [1.29, 1.82) is 0 Å². The summed E-state index contributed by atoms with van der Waals surface area (Å²) in [4.78, 5) is 25.8. The quantitative estimate of drug-likeness (QED) is 0.547. The number of hydrogen-bond donors (Lipinski definition) is 3. The number of amides is 2. The van der Waals surface area contributed by atoms with Gasteiger partial charge < -0.3 is 16.2 Å². The third-order valence-electron chi connectivity index (χ3n) is 4.57. The van der Waals surface area contributed by atoms with Gasteiger partial charge in [0.25, 0.3) is 0 Å². The lowest BCUT2D eigenvalue weighted by molar-refractivity contribution is -0.135. The highest BCUT2D eigenvalue weighted by molar-refractivity contribution is 6.07. The number of primary amides is 1. The topological polar surface area (TPSA) is 95.7 Å². The Bertz CT molecular complexity index is 382. The number of β-amino-alcohol motifs (C(OH)–C–C–N with tert-alkyl or cyclic N) is 1. The van der Waals surface area contributed by atoms with E-state index in [9.17, 15) is 9.59 Å². The monoisotopic (exact) mass is 283 g/mol. The number of aliphatic hydroxyl groups is 1. The van der Waals surface area contributed by atoms with Gasteiger partial charge in [-0.15, -0.1) is 0 Å². The van der Waals surface area contributed by atoms with E-state index in [0.717, 1.165) is 25.9 Å². The molecule has 2 aliphatic rings. The number of carbonyl (C=O) groups excluding carboxylic acids is 2. The molecule has 1 saturated carbocycles. The third-order valence-corrected chi connectivity index (χ3v) is 4.57. The maximum Gasteiger partial charge on any atom is 0.235 e. The summed E-state index contributed by atoms with van der Waals surface area (Å²) < 4.78 is 0. The van der Waals surface area contributed by atoms with Gasteiger partial charge in [0.2, 0.25) is 11.8 Å². The predicted molar refractivity (Wildman–Crippen MR) is 74.7 cm³/mol. The Balaban J connectivity index is 1.96. The molecule has 0 aromatic carbocycles. The number of aliphatic hydroxyl groups excluding tert-OH is 1. The molecule has 2 amide bonds. The van der Waals surface area contributed by atoms with Crippen LogP contribution in [0.3, 0.4) is 0 Å². The zero-order chi connectivity index (χ0) is 14.8. The number of carbonyl (C=O) groups is 2. The molecule has 0 radical (unpaired) electrons. The lowest BCUT2D eigenvalue weighted by atomic mass is 9.97. The van der Waals surface area contributed by atoms with Gasteiger partial charge in [-0.2, -0.15) is 0 Å². The molecule has 2 atom stereocenters. The van der Waals surface area contributed by atoms with Crippen molar-refractivity contribution < 1.29 is 14.7 Å². The first kappa shape index (κ1) is 15.3. The molecular formula is C14H25N3O3. The lowest BCUT2D eigenvalue weighted by Crippen LogP contribution is -2.47. The van der Waals surface area contributed by atoms with Crippen molar-refractivity contribution in [3.63, 3.8) is 0 Å². The fourth-order valence-electron chi connectivity index (χ4n) is 3.13. The summed E-state index contributed by atoms with van der Waals surface area (Å²) in [6, 6.07) is 0.0609. The Labute approximate surface area is 119 Å². The van der Waals surface area contributed by atoms with Gasteiger partial charge >= 0.3 is 0 Å². The molecule has 2 fully saturated rings. The summed E-state index contributed by atoms with van der Waals surface area (Å²) in [5.41, 5.74) is 4.39. The molecular weight excluding hydrogens is 258 g/mol. The average Bonchev–Trinajstić information content (AvgIpc) is 3.12. The molecule has 0 bridgehead atoms. The van der Waals surface area contributed by atoms with Crippen LogP contribution < -0.4 is 11.1 Å². The largest absolute Gasteiger partial charge is 0.395 e. The van der Waals surface area contributed by atoms with E-state index in [4.69, 9.17) is 10.8 Å². The highest BCUT2D eigenvalue weighted by Gasteiger charge is 2.56. The van der Waals surface area contributed by atoms with E-state index in [-0.39, 0.29) is 18.6 Å². The Morgan fingerprint density at radius 2 is 2.10 bits per heavy atom. The Morgan fingerprint density at radius 3 is 2.60 bits per heavy atom. The minimum atomic E-state index is -0.943. The molecule has 1 aliphatic heterocycles. The molecule has 0 spiro atoms. The molecule has 0 unspecified atom stereocenters. The maximum absolute atomic E-state index is 12.3. The van der Waals surface area contributed by atoms with Crippen LogP contribution in [0, 0.1) is 11.3 Å². The van der Waals surface area contributed by atoms with Gasteiger partial charge in [0, 0.05) is 25.7 Å². The summed E-state index contributed by atoms with van der Waals surface area (Å²) in [5.74, 6) is -0.326. The van der Waals surface area contributed by atoms with Crippen molar-refractivity contribution >= 4 is 11.8 Å². The van der Waals surface area contributed by atoms with Crippen LogP contribution in [0.1, 0.15) is 32.6 Å². The molecule has 0 aromatic heterocycles. The Kier molecular flexibility index (Phi) is 4.65. The fraction of sp³-hybridized carbons (Fsp3) is 0.857. The van der Waals surface area contributed by atoms with E-state index in [1.54, 1.807) is 0 Å². The smallest absolute Gasteiger partial charge is 0.235 e. The van der Waals surface area contributed by atoms with Crippen molar-refractivity contribution in [2.45, 2.75) is 38.6 Å². The summed E-state index contributed by atoms with van der Waals surface area (Å²) in [5, 5.41) is 12.1. The van der Waals surface area contributed by atoms with E-state index in [0.29, 0.717) is 25.3 Å². The van der Waals surface area contributed by atoms with Gasteiger partial charge in [0.15, 0.2) is 0 Å². The summed E-state index contributed by atoms with van der Waals surface area (Å²) in [6.07, 6.45) is 3.24. The molecule has 114 valence electrons. The second kappa shape index (κ2) is 6.10. The first-order chi connectivity index (χ1) is 9.53. The number of likely N-dealkylation sites (tertiary alicyclic amines) is 1. The maximum atomic E-state index is 12.3. The molecule has 1 aliphatic carbocycles. The van der Waals surface area contributed by atoms with E-state index in [1.807, 2.05) is 0 Å². The van der Waals surface area contributed by atoms with Crippen molar-refractivity contribution in [3.8, 4) is 0 Å². The van der Waals surface area contributed by atoms with Crippen LogP contribution in [-0.4, -0.2) is 54.1 Å². The van der Waals surface area contributed by atoms with Gasteiger partial charge in [0.05, 0.1) is 6.61 Å². The molecule has 0 aromatic rings. The Hall–Kier alpha value is -1.14. The van der Waals surface area contributed by atoms with E-state index in [2.05, 4.69) is 17.1 Å². The lowest BCUT2D eigenvalue weighted by Gasteiger charge is -2.21. The molecule has 1 saturated heterocycles. The van der Waals surface area contributed by atoms with E-state index < -0.39 is 11.3 Å². The van der Waals surface area contributed by atoms with Gasteiger partial charge in [0.1, 0.15) is 5.41 Å². The van der Waals surface area contributed by atoms with Crippen LogP contribution >= 0.6 is 0 Å². The van der Waals surface area contributed by atoms with Crippen LogP contribution in [0.4, 0.5) is 0 Å². The van der Waals surface area contributed by atoms with Crippen LogP contribution in [0.15, 0.2) is 0 Å². The highest BCUT2D eigenvalue weighted by atomic mass is 16.3. The van der Waals surface area contributed by atoms with Gasteiger partial charge in [-0.25, -0.2) is 0 Å². The molecule has 2 rings (SSSR count). The second-order valence-electron chi connectivity index (χ2n) is 6.06. The molecule has 1 heterocycles. The number of rotatable bonds is 7. The standard InChI is InChI=1S/C14H25N3O3/c1-2-3-10-8-17(6-7-18)9-11(10)16-13(20)14(4-5-14)12(15)19/h10-11,18H,2-9H2,1H3,(H2,15,19)(H,16,20)/t10-,11-/m1/s1. The number of nitrogens with two attached hydrogens (primary N) is 1. The van der Waals surface area contributed by atoms with Crippen LogP contribution in [0.2, 0.25) is 0 Å². The van der Waals surface area contributed by atoms with Crippen molar-refractivity contribution in [1.82, 2.24) is 10.2 Å². The molecule has 4 N–H and O–H groups in total. The molecule has 20 heavy (non-hydrogen) atoms. The number of nitrogens with one attached hydrogen (secondary N) is 1. The summed E-state index contributed by atoms with van der Waals surface area (Å²) in [6.45, 7) is 4.52. The highest BCUT2D eigenvalue weighted by Crippen LogP contribution is 2.45. The average molecular weight is 283 g/mol. The fourth-order valence-corrected chi connectivity index (χ4v) is 3.13.